The Hall–Kier alpha value is -3.46. The van der Waals surface area contributed by atoms with E-state index in [-0.39, 0.29) is 5.78 Å². The van der Waals surface area contributed by atoms with Crippen LogP contribution in [0.15, 0.2) is 88.2 Å². The third kappa shape index (κ3) is 4.87. The summed E-state index contributed by atoms with van der Waals surface area (Å²) in [6, 6.07) is 22.6. The van der Waals surface area contributed by atoms with Crippen LogP contribution >= 0.6 is 23.4 Å². The number of ketones is 1. The van der Waals surface area contributed by atoms with E-state index in [0.29, 0.717) is 28.4 Å². The van der Waals surface area contributed by atoms with Crippen LogP contribution in [-0.2, 0) is 10.5 Å². The fraction of sp³-hybridized carbons (Fsp3) is 0.250. The van der Waals surface area contributed by atoms with Gasteiger partial charge in [0, 0.05) is 39.0 Å². The second-order valence-electron chi connectivity index (χ2n) is 10.0. The Balaban J connectivity index is 1.61. The number of allylic oxidation sites excluding steroid dienone is 3. The van der Waals surface area contributed by atoms with Crippen molar-refractivity contribution in [3.05, 3.63) is 116 Å². The number of carbonyl (C=O) groups excluding carboxylic acids is 1. The molecular formula is C32H30ClN3OS. The fourth-order valence-corrected chi connectivity index (χ4v) is 6.55. The van der Waals surface area contributed by atoms with Crippen molar-refractivity contribution < 1.29 is 4.79 Å². The number of carbonyl (C=O) groups is 1. The lowest BCUT2D eigenvalue weighted by molar-refractivity contribution is -0.116. The zero-order valence-electron chi connectivity index (χ0n) is 21.8. The quantitative estimate of drug-likeness (QED) is 0.334. The lowest BCUT2D eigenvalue weighted by Crippen LogP contribution is -2.38. The highest BCUT2D eigenvalue weighted by atomic mass is 35.5. The molecule has 2 aliphatic rings. The number of hydrogen-bond donors (Lipinski definition) is 1. The van der Waals surface area contributed by atoms with Crippen LogP contribution in [-0.4, -0.2) is 5.78 Å². The van der Waals surface area contributed by atoms with Crippen LogP contribution in [0.25, 0.3) is 0 Å². The van der Waals surface area contributed by atoms with Gasteiger partial charge in [0.05, 0.1) is 17.6 Å². The summed E-state index contributed by atoms with van der Waals surface area (Å²) < 4.78 is 0. The van der Waals surface area contributed by atoms with E-state index < -0.39 is 5.92 Å². The van der Waals surface area contributed by atoms with Crippen LogP contribution in [0.1, 0.15) is 53.0 Å². The largest absolute Gasteiger partial charge is 0.384 e. The molecule has 2 N–H and O–H groups in total. The minimum atomic E-state index is -0.477. The predicted octanol–water partition coefficient (Wildman–Crippen LogP) is 7.86. The maximum absolute atomic E-state index is 13.5. The van der Waals surface area contributed by atoms with Gasteiger partial charge in [0.2, 0.25) is 0 Å². The molecule has 4 nitrogen and oxygen atoms in total. The lowest BCUT2D eigenvalue weighted by atomic mass is 9.74. The van der Waals surface area contributed by atoms with E-state index in [1.54, 1.807) is 23.9 Å². The molecule has 3 aromatic carbocycles. The summed E-state index contributed by atoms with van der Waals surface area (Å²) >= 11 is 7.93. The minimum absolute atomic E-state index is 0.0889. The van der Waals surface area contributed by atoms with E-state index in [2.05, 4.69) is 63.2 Å². The van der Waals surface area contributed by atoms with E-state index in [0.717, 1.165) is 41.1 Å². The van der Waals surface area contributed by atoms with Crippen LogP contribution < -0.4 is 10.6 Å². The van der Waals surface area contributed by atoms with Crippen LogP contribution in [0.4, 0.5) is 5.69 Å². The Morgan fingerprint density at radius 3 is 2.42 bits per heavy atom. The molecule has 38 heavy (non-hydrogen) atoms. The summed E-state index contributed by atoms with van der Waals surface area (Å²) in [6.45, 7) is 6.27. The van der Waals surface area contributed by atoms with Crippen LogP contribution in [0.3, 0.4) is 0 Å². The SMILES string of the molecule is Cc1ccc(SCc2cc(C3C(C#N)=C(N)N(c4ccc(Cl)cc4)C4=C3C(=O)CCC4)c(C)cc2C)cc1. The highest BCUT2D eigenvalue weighted by molar-refractivity contribution is 7.98. The third-order valence-electron chi connectivity index (χ3n) is 7.45. The number of nitrogens with zero attached hydrogens (tertiary/aromatic N) is 2. The Morgan fingerprint density at radius 1 is 1.03 bits per heavy atom. The van der Waals surface area contributed by atoms with Gasteiger partial charge in [-0.1, -0.05) is 41.4 Å². The third-order valence-corrected chi connectivity index (χ3v) is 8.76. The molecule has 0 fully saturated rings. The van der Waals surface area contributed by atoms with Crippen molar-refractivity contribution in [2.45, 2.75) is 56.6 Å². The molecule has 6 heteroatoms. The number of halogens is 1. The van der Waals surface area contributed by atoms with E-state index in [1.807, 2.05) is 17.0 Å². The molecular weight excluding hydrogens is 510 g/mol. The number of anilines is 1. The van der Waals surface area contributed by atoms with Gasteiger partial charge in [0.1, 0.15) is 5.82 Å². The highest BCUT2D eigenvalue weighted by Crippen LogP contribution is 2.47. The molecule has 0 aromatic heterocycles. The Labute approximate surface area is 233 Å². The van der Waals surface area contributed by atoms with Gasteiger partial charge in [0.15, 0.2) is 5.78 Å². The van der Waals surface area contributed by atoms with Crippen molar-refractivity contribution in [2.75, 3.05) is 4.90 Å². The molecule has 0 bridgehead atoms. The molecule has 1 aliphatic carbocycles. The first-order chi connectivity index (χ1) is 18.3. The smallest absolute Gasteiger partial charge is 0.161 e. The minimum Gasteiger partial charge on any atom is -0.384 e. The van der Waals surface area contributed by atoms with Gasteiger partial charge in [-0.05, 0) is 92.3 Å². The molecule has 0 saturated carbocycles. The van der Waals surface area contributed by atoms with Gasteiger partial charge < -0.3 is 5.73 Å². The molecule has 0 radical (unpaired) electrons. The normalized spacial score (nSPS) is 17.5. The zero-order chi connectivity index (χ0) is 27.0. The molecule has 0 amide bonds. The molecule has 1 aliphatic heterocycles. The highest BCUT2D eigenvalue weighted by Gasteiger charge is 2.41. The number of nitriles is 1. The maximum atomic E-state index is 13.5. The molecule has 5 rings (SSSR count). The summed E-state index contributed by atoms with van der Waals surface area (Å²) in [5.74, 6) is 0.789. The van der Waals surface area contributed by atoms with Crippen LogP contribution in [0, 0.1) is 32.1 Å². The van der Waals surface area contributed by atoms with Crippen molar-refractivity contribution >= 4 is 34.8 Å². The molecule has 1 atom stereocenters. The second-order valence-corrected chi connectivity index (χ2v) is 11.5. The first kappa shape index (κ1) is 26.2. The van der Waals surface area contributed by atoms with Gasteiger partial charge >= 0.3 is 0 Å². The van der Waals surface area contributed by atoms with Gasteiger partial charge in [-0.15, -0.1) is 11.8 Å². The average Bonchev–Trinajstić information content (AvgIpc) is 2.90. The summed E-state index contributed by atoms with van der Waals surface area (Å²) in [5.41, 5.74) is 15.2. The first-order valence-corrected chi connectivity index (χ1v) is 14.2. The number of hydrogen-bond acceptors (Lipinski definition) is 5. The summed E-state index contributed by atoms with van der Waals surface area (Å²) in [7, 11) is 0. The Kier molecular flexibility index (Phi) is 7.38. The van der Waals surface area contributed by atoms with Gasteiger partial charge in [-0.2, -0.15) is 5.26 Å². The van der Waals surface area contributed by atoms with Gasteiger partial charge in [-0.25, -0.2) is 0 Å². The summed E-state index contributed by atoms with van der Waals surface area (Å²) in [5, 5.41) is 11.0. The van der Waals surface area contributed by atoms with Crippen molar-refractivity contribution in [3.63, 3.8) is 0 Å². The number of thioether (sulfide) groups is 1. The van der Waals surface area contributed by atoms with E-state index in [4.69, 9.17) is 17.3 Å². The van der Waals surface area contributed by atoms with E-state index >= 15 is 0 Å². The Morgan fingerprint density at radius 2 is 1.74 bits per heavy atom. The standard InChI is InChI=1S/C32H30ClN3OS/c1-19-7-13-25(14-8-19)38-18-22-16-26(21(3)15-20(22)2)30-27(17-34)32(35)36(24-11-9-23(33)10-12-24)28-5-4-6-29(37)31(28)30/h7-16,30H,4-6,18,35H2,1-3H3. The second kappa shape index (κ2) is 10.7. The average molecular weight is 540 g/mol. The van der Waals surface area contributed by atoms with Crippen molar-refractivity contribution in [3.8, 4) is 6.07 Å². The molecule has 0 spiro atoms. The van der Waals surface area contributed by atoms with Crippen LogP contribution in [0.5, 0.6) is 0 Å². The van der Waals surface area contributed by atoms with E-state index in [9.17, 15) is 10.1 Å². The maximum Gasteiger partial charge on any atom is 0.161 e. The number of benzene rings is 3. The molecule has 0 saturated heterocycles. The number of rotatable bonds is 5. The van der Waals surface area contributed by atoms with Crippen LogP contribution in [0.2, 0.25) is 5.02 Å². The summed E-state index contributed by atoms with van der Waals surface area (Å²) in [6.07, 6.45) is 1.96. The topological polar surface area (TPSA) is 70.1 Å². The van der Waals surface area contributed by atoms with Crippen molar-refractivity contribution in [1.82, 2.24) is 0 Å². The van der Waals surface area contributed by atoms with Gasteiger partial charge in [-0.3, -0.25) is 9.69 Å². The number of aryl methyl sites for hydroxylation is 3. The van der Waals surface area contributed by atoms with Crippen molar-refractivity contribution in [2.24, 2.45) is 5.73 Å². The lowest BCUT2D eigenvalue weighted by Gasteiger charge is -2.40. The monoisotopic (exact) mass is 539 g/mol. The molecule has 3 aromatic rings. The molecule has 192 valence electrons. The van der Waals surface area contributed by atoms with E-state index in [1.165, 1.54) is 21.6 Å². The number of Topliss-reactive ketones (excluding diaryl/α,β-unsaturated/α-hetero) is 1. The predicted molar refractivity (Wildman–Crippen MR) is 156 cm³/mol. The molecule has 1 heterocycles. The molecule has 1 unspecified atom stereocenters. The fourth-order valence-electron chi connectivity index (χ4n) is 5.46. The van der Waals surface area contributed by atoms with Gasteiger partial charge in [0.25, 0.3) is 0 Å². The Bertz CT molecular complexity index is 1510. The summed E-state index contributed by atoms with van der Waals surface area (Å²) in [4.78, 5) is 16.6. The number of nitrogens with two attached hydrogens (primary N) is 1. The zero-order valence-corrected chi connectivity index (χ0v) is 23.4. The first-order valence-electron chi connectivity index (χ1n) is 12.8. The van der Waals surface area contributed by atoms with Crippen molar-refractivity contribution in [1.29, 1.82) is 5.26 Å².